The number of rotatable bonds is 5. The number of carbonyl (C=O) groups excluding carboxylic acids is 1. The fourth-order valence-electron chi connectivity index (χ4n) is 3.76. The maximum Gasteiger partial charge on any atom is 0.255 e. The molecule has 2 aromatic heterocycles. The normalized spacial score (nSPS) is 15.9. The number of nitrogens with zero attached hydrogens (tertiary/aromatic N) is 5. The molecular weight excluding hydrogens is 422 g/mol. The van der Waals surface area contributed by atoms with E-state index in [1.807, 2.05) is 43.3 Å². The average molecular weight is 450 g/mol. The molecule has 0 radical (unpaired) electrons. The third-order valence-corrected chi connectivity index (χ3v) is 5.58. The summed E-state index contributed by atoms with van der Waals surface area (Å²) >= 11 is 0. The molecule has 0 N–H and O–H groups in total. The van der Waals surface area contributed by atoms with Crippen LogP contribution < -0.4 is 15.2 Å². The zero-order chi connectivity index (χ0) is 23.5. The van der Waals surface area contributed by atoms with Gasteiger partial charge in [-0.15, -0.1) is 0 Å². The summed E-state index contributed by atoms with van der Waals surface area (Å²) in [6.45, 7) is 1.17. The van der Waals surface area contributed by atoms with Crippen molar-refractivity contribution in [3.05, 3.63) is 70.4 Å². The molecule has 1 aliphatic rings. The summed E-state index contributed by atoms with van der Waals surface area (Å²) in [5.74, 6) is 1.14. The topological polar surface area (TPSA) is 89.8 Å². The van der Waals surface area contributed by atoms with E-state index in [0.29, 0.717) is 36.9 Å². The Hall–Kier alpha value is -3.72. The van der Waals surface area contributed by atoms with Crippen LogP contribution in [0.15, 0.2) is 53.6 Å². The third-order valence-electron chi connectivity index (χ3n) is 5.58. The Morgan fingerprint density at radius 3 is 2.79 bits per heavy atom. The first-order chi connectivity index (χ1) is 15.9. The Balaban J connectivity index is 1.69. The molecule has 172 valence electrons. The highest BCUT2D eigenvalue weighted by Gasteiger charge is 2.30. The van der Waals surface area contributed by atoms with Crippen LogP contribution in [-0.4, -0.2) is 66.2 Å². The molecule has 1 fully saturated rings. The van der Waals surface area contributed by atoms with Crippen molar-refractivity contribution in [3.63, 3.8) is 0 Å². The molecule has 1 saturated heterocycles. The molecule has 33 heavy (non-hydrogen) atoms. The second kappa shape index (κ2) is 9.41. The van der Waals surface area contributed by atoms with Crippen molar-refractivity contribution in [1.82, 2.24) is 19.4 Å². The lowest BCUT2D eigenvalue weighted by Gasteiger charge is -2.33. The first-order valence-corrected chi connectivity index (χ1v) is 10.6. The molecular formula is C24H27N5O4. The number of aromatic nitrogens is 3. The van der Waals surface area contributed by atoms with Crippen LogP contribution in [0.5, 0.6) is 5.75 Å². The second-order valence-corrected chi connectivity index (χ2v) is 8.07. The summed E-state index contributed by atoms with van der Waals surface area (Å²) in [6.07, 6.45) is 2.91. The van der Waals surface area contributed by atoms with Crippen LogP contribution in [0.2, 0.25) is 0 Å². The molecule has 4 rings (SSSR count). The Morgan fingerprint density at radius 1 is 1.24 bits per heavy atom. The zero-order valence-electron chi connectivity index (χ0n) is 19.2. The van der Waals surface area contributed by atoms with Crippen LogP contribution in [0.25, 0.3) is 11.1 Å². The van der Waals surface area contributed by atoms with Crippen LogP contribution in [-0.2, 0) is 11.8 Å². The number of hydrogen-bond donors (Lipinski definition) is 0. The van der Waals surface area contributed by atoms with E-state index in [0.717, 1.165) is 16.9 Å². The van der Waals surface area contributed by atoms with Gasteiger partial charge in [-0.2, -0.15) is 0 Å². The molecule has 0 spiro atoms. The Morgan fingerprint density at radius 2 is 2.06 bits per heavy atom. The zero-order valence-corrected chi connectivity index (χ0v) is 19.2. The molecule has 1 aliphatic heterocycles. The molecule has 1 atom stereocenters. The van der Waals surface area contributed by atoms with Gasteiger partial charge in [-0.05, 0) is 23.8 Å². The fourth-order valence-corrected chi connectivity index (χ4v) is 3.76. The number of hydrogen-bond acceptors (Lipinski definition) is 7. The monoisotopic (exact) mass is 449 g/mol. The van der Waals surface area contributed by atoms with Crippen molar-refractivity contribution in [2.24, 2.45) is 7.05 Å². The van der Waals surface area contributed by atoms with E-state index in [-0.39, 0.29) is 11.5 Å². The molecule has 3 heterocycles. The van der Waals surface area contributed by atoms with Gasteiger partial charge in [0.2, 0.25) is 11.5 Å². The lowest BCUT2D eigenvalue weighted by Crippen LogP contribution is -2.43. The lowest BCUT2D eigenvalue weighted by molar-refractivity contribution is -0.0244. The predicted octanol–water partition coefficient (Wildman–Crippen LogP) is 2.13. The number of anilines is 1. The van der Waals surface area contributed by atoms with Crippen LogP contribution in [0.1, 0.15) is 22.2 Å². The largest absolute Gasteiger partial charge is 0.497 e. The van der Waals surface area contributed by atoms with Crippen LogP contribution in [0.3, 0.4) is 0 Å². The minimum absolute atomic E-state index is 0.149. The van der Waals surface area contributed by atoms with Crippen molar-refractivity contribution in [3.8, 4) is 16.9 Å². The van der Waals surface area contributed by atoms with Gasteiger partial charge in [-0.25, -0.2) is 9.97 Å². The summed E-state index contributed by atoms with van der Waals surface area (Å²) in [6, 6.07) is 10.6. The molecule has 1 aromatic carbocycles. The minimum Gasteiger partial charge on any atom is -0.497 e. The standard InChI is InChI=1S/C24H27N5O4/c1-27(2)24-25-13-19(16-6-5-7-18(12-16)32-4)22(26-24)20-15-29(10-11-33-20)23(31)17-8-9-21(30)28(3)14-17/h5-9,12-14,20H,10-11,15H2,1-4H3. The highest BCUT2D eigenvalue weighted by molar-refractivity contribution is 5.94. The maximum absolute atomic E-state index is 13.2. The van der Waals surface area contributed by atoms with E-state index in [2.05, 4.69) is 4.98 Å². The second-order valence-electron chi connectivity index (χ2n) is 8.07. The van der Waals surface area contributed by atoms with Gasteiger partial charge in [0.1, 0.15) is 11.9 Å². The van der Waals surface area contributed by atoms with Gasteiger partial charge in [-0.3, -0.25) is 9.59 Å². The van der Waals surface area contributed by atoms with E-state index in [9.17, 15) is 9.59 Å². The highest BCUT2D eigenvalue weighted by Crippen LogP contribution is 2.33. The van der Waals surface area contributed by atoms with Crippen LogP contribution in [0, 0.1) is 0 Å². The van der Waals surface area contributed by atoms with Crippen LogP contribution >= 0.6 is 0 Å². The van der Waals surface area contributed by atoms with E-state index in [1.54, 1.807) is 37.5 Å². The molecule has 9 heteroatoms. The van der Waals surface area contributed by atoms with Crippen molar-refractivity contribution in [1.29, 1.82) is 0 Å². The SMILES string of the molecule is COc1cccc(-c2cnc(N(C)C)nc2C2CN(C(=O)c3ccc(=O)n(C)c3)CCO2)c1. The van der Waals surface area contributed by atoms with Gasteiger partial charge in [0, 0.05) is 51.7 Å². The Bertz CT molecular complexity index is 1220. The number of methoxy groups -OCH3 is 1. The highest BCUT2D eigenvalue weighted by atomic mass is 16.5. The summed E-state index contributed by atoms with van der Waals surface area (Å²) in [5.41, 5.74) is 2.73. The average Bonchev–Trinajstić information content (AvgIpc) is 2.85. The van der Waals surface area contributed by atoms with Gasteiger partial charge in [0.15, 0.2) is 0 Å². The smallest absolute Gasteiger partial charge is 0.255 e. The van der Waals surface area contributed by atoms with E-state index < -0.39 is 6.10 Å². The summed E-state index contributed by atoms with van der Waals surface area (Å²) in [7, 11) is 7.01. The van der Waals surface area contributed by atoms with Gasteiger partial charge < -0.3 is 23.8 Å². The van der Waals surface area contributed by atoms with Crippen LogP contribution in [0.4, 0.5) is 5.95 Å². The number of ether oxygens (including phenoxy) is 2. The van der Waals surface area contributed by atoms with Crippen molar-refractivity contribution in [2.75, 3.05) is 45.8 Å². The number of pyridine rings is 1. The number of morpholine rings is 1. The summed E-state index contributed by atoms with van der Waals surface area (Å²) in [4.78, 5) is 37.7. The molecule has 1 unspecified atom stereocenters. The number of aryl methyl sites for hydroxylation is 1. The first-order valence-electron chi connectivity index (χ1n) is 10.6. The number of benzene rings is 1. The van der Waals surface area contributed by atoms with Crippen molar-refractivity contribution < 1.29 is 14.3 Å². The van der Waals surface area contributed by atoms with Crippen molar-refractivity contribution in [2.45, 2.75) is 6.10 Å². The Kier molecular flexibility index (Phi) is 6.41. The molecule has 0 bridgehead atoms. The lowest BCUT2D eigenvalue weighted by atomic mass is 10.0. The fraction of sp³-hybridized carbons (Fsp3) is 0.333. The van der Waals surface area contributed by atoms with Gasteiger partial charge in [0.05, 0.1) is 31.5 Å². The molecule has 3 aromatic rings. The van der Waals surface area contributed by atoms with Gasteiger partial charge in [0.25, 0.3) is 5.91 Å². The summed E-state index contributed by atoms with van der Waals surface area (Å²) < 4.78 is 12.9. The van der Waals surface area contributed by atoms with E-state index in [1.165, 1.54) is 10.6 Å². The molecule has 9 nitrogen and oxygen atoms in total. The predicted molar refractivity (Wildman–Crippen MR) is 125 cm³/mol. The van der Waals surface area contributed by atoms with E-state index >= 15 is 0 Å². The van der Waals surface area contributed by atoms with Gasteiger partial charge in [-0.1, -0.05) is 12.1 Å². The number of amides is 1. The minimum atomic E-state index is -0.432. The third kappa shape index (κ3) is 4.73. The van der Waals surface area contributed by atoms with Gasteiger partial charge >= 0.3 is 0 Å². The molecule has 0 aliphatic carbocycles. The Labute approximate surface area is 192 Å². The quantitative estimate of drug-likeness (QED) is 0.589. The van der Waals surface area contributed by atoms with Crippen molar-refractivity contribution >= 4 is 11.9 Å². The first kappa shape index (κ1) is 22.5. The molecule has 0 saturated carbocycles. The van der Waals surface area contributed by atoms with E-state index in [4.69, 9.17) is 14.5 Å². The molecule has 1 amide bonds. The maximum atomic E-state index is 13.2. The number of carbonyl (C=O) groups is 1. The summed E-state index contributed by atoms with van der Waals surface area (Å²) in [5, 5.41) is 0.